The quantitative estimate of drug-likeness (QED) is 0.788. The third-order valence-corrected chi connectivity index (χ3v) is 4.87. The van der Waals surface area contributed by atoms with E-state index in [-0.39, 0.29) is 30.1 Å². The number of nitrogens with zero attached hydrogens (tertiary/aromatic N) is 1. The molecule has 1 aromatic rings. The lowest BCUT2D eigenvalue weighted by molar-refractivity contribution is -0.276. The van der Waals surface area contributed by atoms with Crippen LogP contribution in [-0.2, 0) is 9.31 Å². The Hall–Kier alpha value is -1.28. The van der Waals surface area contributed by atoms with Gasteiger partial charge >= 0.3 is 13.5 Å². The van der Waals surface area contributed by atoms with Crippen LogP contribution in [0.2, 0.25) is 5.82 Å². The Morgan fingerprint density at radius 3 is 2.26 bits per heavy atom. The summed E-state index contributed by atoms with van der Waals surface area (Å²) in [5, 5.41) is 0. The molecule has 126 valence electrons. The van der Waals surface area contributed by atoms with Gasteiger partial charge in [0.2, 0.25) is 5.88 Å². The summed E-state index contributed by atoms with van der Waals surface area (Å²) in [6.07, 6.45) is -2.42. The van der Waals surface area contributed by atoms with Gasteiger partial charge in [-0.1, -0.05) is 6.07 Å². The first-order chi connectivity index (χ1) is 10.5. The van der Waals surface area contributed by atoms with Crippen molar-refractivity contribution < 1.29 is 27.2 Å². The lowest BCUT2D eigenvalue weighted by Crippen LogP contribution is -2.41. The first kappa shape index (κ1) is 16.6. The molecule has 3 rings (SSSR count). The van der Waals surface area contributed by atoms with Crippen molar-refractivity contribution in [2.24, 2.45) is 0 Å². The Bertz CT molecular complexity index is 573. The molecule has 2 fully saturated rings. The SMILES string of the molecule is CC1(C)OB(C2CC2c2ccc(OC(F)(F)F)nc2)OC1(C)C. The van der Waals surface area contributed by atoms with Gasteiger partial charge in [-0.25, -0.2) is 4.98 Å². The molecule has 1 aliphatic heterocycles. The van der Waals surface area contributed by atoms with Crippen LogP contribution < -0.4 is 4.74 Å². The molecule has 8 heteroatoms. The highest BCUT2D eigenvalue weighted by Crippen LogP contribution is 2.58. The van der Waals surface area contributed by atoms with Crippen molar-refractivity contribution in [3.05, 3.63) is 23.9 Å². The normalized spacial score (nSPS) is 28.7. The number of pyridine rings is 1. The summed E-state index contributed by atoms with van der Waals surface area (Å²) >= 11 is 0. The van der Waals surface area contributed by atoms with Crippen LogP contribution in [0.15, 0.2) is 18.3 Å². The third-order valence-electron chi connectivity index (χ3n) is 4.87. The Kier molecular flexibility index (Phi) is 3.68. The summed E-state index contributed by atoms with van der Waals surface area (Å²) < 4.78 is 52.2. The smallest absolute Gasteiger partial charge is 0.403 e. The van der Waals surface area contributed by atoms with Crippen molar-refractivity contribution in [3.63, 3.8) is 0 Å². The van der Waals surface area contributed by atoms with Crippen LogP contribution in [0.3, 0.4) is 0 Å². The number of aromatic nitrogens is 1. The molecular formula is C15H19BF3NO3. The minimum Gasteiger partial charge on any atom is -0.403 e. The summed E-state index contributed by atoms with van der Waals surface area (Å²) in [5.74, 6) is -0.0570. The van der Waals surface area contributed by atoms with E-state index in [1.807, 2.05) is 27.7 Å². The van der Waals surface area contributed by atoms with Crippen molar-refractivity contribution in [3.8, 4) is 5.88 Å². The lowest BCUT2D eigenvalue weighted by atomic mass is 9.80. The average Bonchev–Trinajstić information content (AvgIpc) is 3.12. The van der Waals surface area contributed by atoms with Gasteiger partial charge in [-0.3, -0.25) is 0 Å². The van der Waals surface area contributed by atoms with E-state index in [0.29, 0.717) is 0 Å². The van der Waals surface area contributed by atoms with Gasteiger partial charge in [0.15, 0.2) is 0 Å². The maximum absolute atomic E-state index is 12.1. The molecule has 2 unspecified atom stereocenters. The van der Waals surface area contributed by atoms with E-state index in [9.17, 15) is 13.2 Å². The van der Waals surface area contributed by atoms with Crippen LogP contribution in [0.1, 0.15) is 45.6 Å². The molecule has 0 aromatic carbocycles. The predicted molar refractivity (Wildman–Crippen MR) is 78.1 cm³/mol. The molecule has 0 N–H and O–H groups in total. The van der Waals surface area contributed by atoms with E-state index >= 15 is 0 Å². The fraction of sp³-hybridized carbons (Fsp3) is 0.667. The van der Waals surface area contributed by atoms with E-state index < -0.39 is 12.2 Å². The third kappa shape index (κ3) is 3.33. The molecule has 0 amide bonds. The van der Waals surface area contributed by atoms with Gasteiger partial charge in [-0.15, -0.1) is 13.2 Å². The van der Waals surface area contributed by atoms with E-state index in [1.54, 1.807) is 6.07 Å². The number of ether oxygens (including phenoxy) is 1. The molecule has 0 bridgehead atoms. The van der Waals surface area contributed by atoms with Gasteiger partial charge in [0.1, 0.15) is 0 Å². The summed E-state index contributed by atoms with van der Waals surface area (Å²) in [4.78, 5) is 3.72. The predicted octanol–water partition coefficient (Wildman–Crippen LogP) is 3.93. The molecule has 1 saturated heterocycles. The minimum atomic E-state index is -4.72. The van der Waals surface area contributed by atoms with Crippen LogP contribution in [-0.4, -0.2) is 29.7 Å². The molecule has 0 radical (unpaired) electrons. The first-order valence-corrected chi connectivity index (χ1v) is 7.56. The molecule has 2 aliphatic rings. The standard InChI is InChI=1S/C15H19BF3NO3/c1-13(2)14(3,4)23-16(22-13)11-7-10(11)9-5-6-12(20-8-9)21-15(17,18)19/h5-6,8,10-11H,7H2,1-4H3. The highest BCUT2D eigenvalue weighted by Gasteiger charge is 2.59. The second-order valence-corrected chi connectivity index (χ2v) is 7.11. The van der Waals surface area contributed by atoms with Crippen molar-refractivity contribution in [2.75, 3.05) is 0 Å². The summed E-state index contributed by atoms with van der Waals surface area (Å²) in [6, 6.07) is 2.85. The highest BCUT2D eigenvalue weighted by atomic mass is 19.4. The van der Waals surface area contributed by atoms with Gasteiger partial charge in [-0.2, -0.15) is 0 Å². The zero-order valence-electron chi connectivity index (χ0n) is 13.5. The summed E-state index contributed by atoms with van der Waals surface area (Å²) in [5.41, 5.74) is 0.111. The Balaban J connectivity index is 1.63. The van der Waals surface area contributed by atoms with Gasteiger partial charge in [0, 0.05) is 18.1 Å². The number of hydrogen-bond acceptors (Lipinski definition) is 4. The fourth-order valence-electron chi connectivity index (χ4n) is 2.75. The molecular weight excluding hydrogens is 310 g/mol. The molecule has 1 saturated carbocycles. The van der Waals surface area contributed by atoms with E-state index in [4.69, 9.17) is 9.31 Å². The molecule has 1 aromatic heterocycles. The second kappa shape index (κ2) is 5.11. The van der Waals surface area contributed by atoms with Crippen molar-refractivity contribution >= 4 is 7.12 Å². The minimum absolute atomic E-state index is 0.192. The number of rotatable bonds is 3. The Morgan fingerprint density at radius 1 is 1.17 bits per heavy atom. The van der Waals surface area contributed by atoms with Crippen molar-refractivity contribution in [1.82, 2.24) is 4.98 Å². The average molecular weight is 329 g/mol. The first-order valence-electron chi connectivity index (χ1n) is 7.56. The number of hydrogen-bond donors (Lipinski definition) is 0. The Labute approximate surface area is 133 Å². The van der Waals surface area contributed by atoms with E-state index in [0.717, 1.165) is 12.0 Å². The van der Waals surface area contributed by atoms with Crippen LogP contribution in [0, 0.1) is 0 Å². The van der Waals surface area contributed by atoms with Crippen LogP contribution in [0.25, 0.3) is 0 Å². The van der Waals surface area contributed by atoms with Crippen LogP contribution >= 0.6 is 0 Å². The monoisotopic (exact) mass is 329 g/mol. The van der Waals surface area contributed by atoms with Gasteiger partial charge < -0.3 is 14.0 Å². The summed E-state index contributed by atoms with van der Waals surface area (Å²) in [6.45, 7) is 7.98. The second-order valence-electron chi connectivity index (χ2n) is 7.11. The van der Waals surface area contributed by atoms with Crippen molar-refractivity contribution in [1.29, 1.82) is 0 Å². The topological polar surface area (TPSA) is 40.6 Å². The zero-order chi connectivity index (χ0) is 17.0. The van der Waals surface area contributed by atoms with Gasteiger partial charge in [0.25, 0.3) is 0 Å². The van der Waals surface area contributed by atoms with Crippen molar-refractivity contribution in [2.45, 2.75) is 63.4 Å². The molecule has 4 nitrogen and oxygen atoms in total. The maximum Gasteiger partial charge on any atom is 0.574 e. The zero-order valence-corrected chi connectivity index (χ0v) is 13.5. The van der Waals surface area contributed by atoms with Crippen LogP contribution in [0.4, 0.5) is 13.2 Å². The van der Waals surface area contributed by atoms with Gasteiger partial charge in [0.05, 0.1) is 11.2 Å². The summed E-state index contributed by atoms with van der Waals surface area (Å²) in [7, 11) is -0.295. The highest BCUT2D eigenvalue weighted by molar-refractivity contribution is 6.49. The molecule has 1 aliphatic carbocycles. The van der Waals surface area contributed by atoms with Crippen LogP contribution in [0.5, 0.6) is 5.88 Å². The van der Waals surface area contributed by atoms with E-state index in [1.165, 1.54) is 12.3 Å². The molecule has 2 heterocycles. The van der Waals surface area contributed by atoms with E-state index in [2.05, 4.69) is 9.72 Å². The fourth-order valence-corrected chi connectivity index (χ4v) is 2.75. The maximum atomic E-state index is 12.1. The molecule has 23 heavy (non-hydrogen) atoms. The Morgan fingerprint density at radius 2 is 1.78 bits per heavy atom. The number of alkyl halides is 3. The number of halogens is 3. The molecule has 2 atom stereocenters. The lowest BCUT2D eigenvalue weighted by Gasteiger charge is -2.32. The largest absolute Gasteiger partial charge is 0.574 e. The van der Waals surface area contributed by atoms with Gasteiger partial charge in [-0.05, 0) is 45.6 Å². The molecule has 0 spiro atoms.